The molecule has 5 nitrogen and oxygen atoms in total. The molecule has 1 aromatic carbocycles. The lowest BCUT2D eigenvalue weighted by Gasteiger charge is -2.04. The Morgan fingerprint density at radius 1 is 1.44 bits per heavy atom. The van der Waals surface area contributed by atoms with Crippen molar-refractivity contribution in [1.82, 2.24) is 9.78 Å². The van der Waals surface area contributed by atoms with Crippen LogP contribution in [0.4, 0.5) is 5.69 Å². The van der Waals surface area contributed by atoms with Gasteiger partial charge in [0.05, 0.1) is 24.5 Å². The minimum atomic E-state index is -0.525. The molecule has 5 heteroatoms. The molecule has 18 heavy (non-hydrogen) atoms. The van der Waals surface area contributed by atoms with E-state index in [4.69, 9.17) is 5.73 Å². The van der Waals surface area contributed by atoms with Gasteiger partial charge in [-0.3, -0.25) is 9.48 Å². The van der Waals surface area contributed by atoms with Crippen LogP contribution in [0.15, 0.2) is 42.7 Å². The van der Waals surface area contributed by atoms with Gasteiger partial charge in [-0.2, -0.15) is 5.10 Å². The first-order valence-corrected chi connectivity index (χ1v) is 5.78. The van der Waals surface area contributed by atoms with Crippen LogP contribution in [-0.4, -0.2) is 21.7 Å². The summed E-state index contributed by atoms with van der Waals surface area (Å²) in [6.45, 7) is 2.32. The van der Waals surface area contributed by atoms with Crippen molar-refractivity contribution in [2.45, 2.75) is 19.5 Å². The Balaban J connectivity index is 2.00. The van der Waals surface area contributed by atoms with Crippen molar-refractivity contribution >= 4 is 11.6 Å². The van der Waals surface area contributed by atoms with E-state index < -0.39 is 6.04 Å². The van der Waals surface area contributed by atoms with Gasteiger partial charge in [-0.05, 0) is 12.5 Å². The average molecular weight is 244 g/mol. The van der Waals surface area contributed by atoms with E-state index >= 15 is 0 Å². The number of carbonyl (C=O) groups is 1. The van der Waals surface area contributed by atoms with Gasteiger partial charge >= 0.3 is 0 Å². The number of amides is 1. The smallest absolute Gasteiger partial charge is 0.241 e. The number of carbonyl (C=O) groups excluding carboxylic acids is 1. The van der Waals surface area contributed by atoms with E-state index in [-0.39, 0.29) is 5.91 Å². The van der Waals surface area contributed by atoms with Gasteiger partial charge in [0.25, 0.3) is 0 Å². The molecule has 94 valence electrons. The van der Waals surface area contributed by atoms with Crippen molar-refractivity contribution in [2.75, 3.05) is 5.32 Å². The summed E-state index contributed by atoms with van der Waals surface area (Å²) in [5.41, 5.74) is 7.29. The summed E-state index contributed by atoms with van der Waals surface area (Å²) < 4.78 is 1.77. The molecular weight excluding hydrogens is 228 g/mol. The molecule has 0 aliphatic heterocycles. The largest absolute Gasteiger partial charge is 0.322 e. The molecule has 0 unspecified atom stereocenters. The Morgan fingerprint density at radius 2 is 2.17 bits per heavy atom. The molecule has 1 amide bonds. The lowest BCUT2D eigenvalue weighted by Crippen LogP contribution is -2.32. The van der Waals surface area contributed by atoms with Gasteiger partial charge < -0.3 is 11.1 Å². The molecule has 0 saturated heterocycles. The standard InChI is InChI=1S/C13H16N4O/c1-10(14)13(18)16-12-7-15-17(9-12)8-11-5-3-2-4-6-11/h2-7,9-10H,8,14H2,1H3,(H,16,18)/t10-/m0/s1. The molecule has 2 rings (SSSR count). The molecule has 0 bridgehead atoms. The quantitative estimate of drug-likeness (QED) is 0.849. The number of aromatic nitrogens is 2. The van der Waals surface area contributed by atoms with E-state index in [0.717, 1.165) is 5.56 Å². The highest BCUT2D eigenvalue weighted by Crippen LogP contribution is 2.08. The monoisotopic (exact) mass is 244 g/mol. The Labute approximate surface area is 106 Å². The van der Waals surface area contributed by atoms with Crippen LogP contribution in [0.3, 0.4) is 0 Å². The van der Waals surface area contributed by atoms with Gasteiger partial charge in [0.15, 0.2) is 0 Å². The molecule has 0 spiro atoms. The zero-order valence-electron chi connectivity index (χ0n) is 10.2. The highest BCUT2D eigenvalue weighted by Gasteiger charge is 2.08. The average Bonchev–Trinajstić information content (AvgIpc) is 2.77. The van der Waals surface area contributed by atoms with Gasteiger partial charge in [-0.15, -0.1) is 0 Å². The highest BCUT2D eigenvalue weighted by molar-refractivity contribution is 5.94. The van der Waals surface area contributed by atoms with Gasteiger partial charge in [0.1, 0.15) is 0 Å². The minimum Gasteiger partial charge on any atom is -0.322 e. The molecule has 1 aromatic heterocycles. The van der Waals surface area contributed by atoms with Crippen LogP contribution >= 0.6 is 0 Å². The van der Waals surface area contributed by atoms with Crippen LogP contribution in [0.25, 0.3) is 0 Å². The van der Waals surface area contributed by atoms with Crippen molar-refractivity contribution in [3.05, 3.63) is 48.3 Å². The van der Waals surface area contributed by atoms with Crippen molar-refractivity contribution in [2.24, 2.45) is 5.73 Å². The molecule has 1 heterocycles. The fourth-order valence-corrected chi connectivity index (χ4v) is 1.54. The van der Waals surface area contributed by atoms with Gasteiger partial charge in [-0.1, -0.05) is 30.3 Å². The maximum Gasteiger partial charge on any atom is 0.241 e. The van der Waals surface area contributed by atoms with Crippen LogP contribution in [0, 0.1) is 0 Å². The third kappa shape index (κ3) is 3.18. The summed E-state index contributed by atoms with van der Waals surface area (Å²) in [5.74, 6) is -0.214. The topological polar surface area (TPSA) is 72.9 Å². The second kappa shape index (κ2) is 5.46. The molecule has 0 aliphatic carbocycles. The third-order valence-electron chi connectivity index (χ3n) is 2.50. The number of rotatable bonds is 4. The maximum absolute atomic E-state index is 11.4. The number of nitrogens with one attached hydrogen (secondary N) is 1. The molecule has 0 fully saturated rings. The zero-order valence-corrected chi connectivity index (χ0v) is 10.2. The molecule has 3 N–H and O–H groups in total. The zero-order chi connectivity index (χ0) is 13.0. The van der Waals surface area contributed by atoms with Gasteiger partial charge in [-0.25, -0.2) is 0 Å². The summed E-state index contributed by atoms with van der Waals surface area (Å²) in [5, 5.41) is 6.89. The lowest BCUT2D eigenvalue weighted by molar-refractivity contribution is -0.117. The number of hydrogen-bond acceptors (Lipinski definition) is 3. The molecule has 0 radical (unpaired) electrons. The summed E-state index contributed by atoms with van der Waals surface area (Å²) >= 11 is 0. The fraction of sp³-hybridized carbons (Fsp3) is 0.231. The summed E-state index contributed by atoms with van der Waals surface area (Å²) in [6, 6.07) is 9.47. The van der Waals surface area contributed by atoms with E-state index in [0.29, 0.717) is 12.2 Å². The predicted molar refractivity (Wildman–Crippen MR) is 70.1 cm³/mol. The van der Waals surface area contributed by atoms with Crippen LogP contribution in [0.5, 0.6) is 0 Å². The van der Waals surface area contributed by atoms with Crippen LogP contribution in [-0.2, 0) is 11.3 Å². The summed E-state index contributed by atoms with van der Waals surface area (Å²) in [6.07, 6.45) is 3.40. The Bertz CT molecular complexity index is 519. The van der Waals surface area contributed by atoms with Crippen LogP contribution < -0.4 is 11.1 Å². The van der Waals surface area contributed by atoms with Gasteiger partial charge in [0, 0.05) is 6.20 Å². The minimum absolute atomic E-state index is 0.214. The number of benzene rings is 1. The highest BCUT2D eigenvalue weighted by atomic mass is 16.2. The lowest BCUT2D eigenvalue weighted by atomic mass is 10.2. The molecule has 2 aromatic rings. The van der Waals surface area contributed by atoms with Crippen molar-refractivity contribution in [1.29, 1.82) is 0 Å². The molecule has 0 aliphatic rings. The number of hydrogen-bond donors (Lipinski definition) is 2. The van der Waals surface area contributed by atoms with Crippen molar-refractivity contribution in [3.8, 4) is 0 Å². The van der Waals surface area contributed by atoms with Gasteiger partial charge in [0.2, 0.25) is 5.91 Å². The van der Waals surface area contributed by atoms with E-state index in [9.17, 15) is 4.79 Å². The first-order valence-electron chi connectivity index (χ1n) is 5.78. The number of nitrogens with two attached hydrogens (primary N) is 1. The second-order valence-electron chi connectivity index (χ2n) is 4.19. The number of nitrogens with zero attached hydrogens (tertiary/aromatic N) is 2. The Kier molecular flexibility index (Phi) is 3.74. The number of anilines is 1. The summed E-state index contributed by atoms with van der Waals surface area (Å²) in [4.78, 5) is 11.4. The van der Waals surface area contributed by atoms with Crippen molar-refractivity contribution < 1.29 is 4.79 Å². The first kappa shape index (κ1) is 12.3. The van der Waals surface area contributed by atoms with E-state index in [2.05, 4.69) is 10.4 Å². The van der Waals surface area contributed by atoms with Crippen LogP contribution in [0.2, 0.25) is 0 Å². The summed E-state index contributed by atoms with van der Waals surface area (Å²) in [7, 11) is 0. The SMILES string of the molecule is C[C@H](N)C(=O)Nc1cnn(Cc2ccccc2)c1. The normalized spacial score (nSPS) is 12.1. The first-order chi connectivity index (χ1) is 8.65. The Hall–Kier alpha value is -2.14. The maximum atomic E-state index is 11.4. The molecular formula is C13H16N4O. The third-order valence-corrected chi connectivity index (χ3v) is 2.50. The predicted octanol–water partition coefficient (Wildman–Crippen LogP) is 1.22. The van der Waals surface area contributed by atoms with Crippen LogP contribution in [0.1, 0.15) is 12.5 Å². The Morgan fingerprint density at radius 3 is 2.83 bits per heavy atom. The second-order valence-corrected chi connectivity index (χ2v) is 4.19. The molecule has 1 atom stereocenters. The van der Waals surface area contributed by atoms with E-state index in [1.807, 2.05) is 30.3 Å². The van der Waals surface area contributed by atoms with E-state index in [1.54, 1.807) is 24.0 Å². The molecule has 0 saturated carbocycles. The van der Waals surface area contributed by atoms with Crippen molar-refractivity contribution in [3.63, 3.8) is 0 Å². The van der Waals surface area contributed by atoms with E-state index in [1.165, 1.54) is 0 Å². The fourth-order valence-electron chi connectivity index (χ4n) is 1.54.